The second-order valence-electron chi connectivity index (χ2n) is 11.7. The van der Waals surface area contributed by atoms with Crippen molar-refractivity contribution in [1.29, 1.82) is 0 Å². The van der Waals surface area contributed by atoms with Gasteiger partial charge in [-0.05, 0) is 74.3 Å². The van der Waals surface area contributed by atoms with Crippen molar-refractivity contribution < 1.29 is 4.42 Å². The Labute approximate surface area is 240 Å². The highest BCUT2D eigenvalue weighted by Crippen LogP contribution is 2.51. The molecule has 1 nitrogen and oxygen atoms in total. The van der Waals surface area contributed by atoms with Crippen LogP contribution in [0.2, 0.25) is 0 Å². The van der Waals surface area contributed by atoms with Crippen molar-refractivity contribution in [2.24, 2.45) is 0 Å². The summed E-state index contributed by atoms with van der Waals surface area (Å²) in [4.78, 5) is 0. The van der Waals surface area contributed by atoms with Crippen LogP contribution in [0.25, 0.3) is 61.0 Å². The minimum Gasteiger partial charge on any atom is -0.455 e. The third-order valence-electron chi connectivity index (χ3n) is 8.92. The first-order chi connectivity index (χ1) is 20.1. The van der Waals surface area contributed by atoms with Crippen LogP contribution in [0.3, 0.4) is 0 Å². The van der Waals surface area contributed by atoms with Gasteiger partial charge in [-0.15, -0.1) is 0 Å². The van der Waals surface area contributed by atoms with Gasteiger partial charge in [-0.1, -0.05) is 129 Å². The van der Waals surface area contributed by atoms with Gasteiger partial charge in [-0.3, -0.25) is 0 Å². The van der Waals surface area contributed by atoms with Crippen LogP contribution in [0.5, 0.6) is 0 Å². The number of hydrogen-bond acceptors (Lipinski definition) is 1. The number of fused-ring (bicyclic) bond motifs is 7. The average molecular weight is 527 g/mol. The molecule has 0 spiro atoms. The van der Waals surface area contributed by atoms with Gasteiger partial charge in [0, 0.05) is 21.8 Å². The molecule has 1 aliphatic rings. The van der Waals surface area contributed by atoms with Crippen LogP contribution < -0.4 is 0 Å². The minimum atomic E-state index is -0.0168. The van der Waals surface area contributed by atoms with E-state index in [1.165, 1.54) is 55.1 Å². The molecular formula is C40H30O. The first kappa shape index (κ1) is 24.0. The Balaban J connectivity index is 1.10. The molecule has 0 fully saturated rings. The Hall–Kier alpha value is -4.88. The number of hydrogen-bond donors (Lipinski definition) is 0. The summed E-state index contributed by atoms with van der Waals surface area (Å²) in [5.41, 5.74) is 12.3. The lowest BCUT2D eigenvalue weighted by molar-refractivity contribution is 0.661. The minimum absolute atomic E-state index is 0.0168. The zero-order valence-corrected chi connectivity index (χ0v) is 23.3. The van der Waals surface area contributed by atoms with Gasteiger partial charge in [0.15, 0.2) is 0 Å². The summed E-state index contributed by atoms with van der Waals surface area (Å²) in [6.45, 7) is 4.71. The molecule has 1 heteroatoms. The molecule has 0 saturated carbocycles. The number of rotatable bonds is 4. The third kappa shape index (κ3) is 3.77. The fourth-order valence-electron chi connectivity index (χ4n) is 6.76. The highest BCUT2D eigenvalue weighted by Gasteiger charge is 2.36. The second kappa shape index (κ2) is 9.08. The molecular weight excluding hydrogens is 496 g/mol. The smallest absolute Gasteiger partial charge is 0.143 e. The van der Waals surface area contributed by atoms with E-state index in [1.54, 1.807) is 0 Å². The van der Waals surface area contributed by atoms with Crippen LogP contribution >= 0.6 is 0 Å². The zero-order valence-electron chi connectivity index (χ0n) is 23.3. The maximum absolute atomic E-state index is 6.27. The molecule has 8 rings (SSSR count). The van der Waals surface area contributed by atoms with Gasteiger partial charge in [0.25, 0.3) is 0 Å². The SMILES string of the molecule is CC1(C)c2cc3ccccc3cc2-c2c(/C=C/Cc3ccc(-c4cccc5c4oc4ccccc45)cc3)cccc21. The Morgan fingerprint density at radius 3 is 2.22 bits per heavy atom. The lowest BCUT2D eigenvalue weighted by Crippen LogP contribution is -2.14. The van der Waals surface area contributed by atoms with Gasteiger partial charge >= 0.3 is 0 Å². The highest BCUT2D eigenvalue weighted by molar-refractivity contribution is 6.09. The van der Waals surface area contributed by atoms with E-state index in [1.807, 2.05) is 12.1 Å². The summed E-state index contributed by atoms with van der Waals surface area (Å²) < 4.78 is 6.27. The molecule has 0 unspecified atom stereocenters. The first-order valence-corrected chi connectivity index (χ1v) is 14.4. The Bertz CT molecular complexity index is 2140. The van der Waals surface area contributed by atoms with E-state index in [2.05, 4.69) is 135 Å². The van der Waals surface area contributed by atoms with Crippen LogP contribution in [0.1, 0.15) is 36.1 Å². The third-order valence-corrected chi connectivity index (χ3v) is 8.92. The molecule has 0 radical (unpaired) electrons. The maximum atomic E-state index is 6.27. The van der Waals surface area contributed by atoms with Gasteiger partial charge in [0.05, 0.1) is 0 Å². The summed E-state index contributed by atoms with van der Waals surface area (Å²) >= 11 is 0. The average Bonchev–Trinajstić information content (AvgIpc) is 3.49. The number of furan rings is 1. The topological polar surface area (TPSA) is 13.1 Å². The molecule has 6 aromatic carbocycles. The van der Waals surface area contributed by atoms with E-state index in [-0.39, 0.29) is 5.41 Å². The number of para-hydroxylation sites is 2. The Kier molecular flexibility index (Phi) is 5.30. The lowest BCUT2D eigenvalue weighted by atomic mass is 9.81. The molecule has 1 aliphatic carbocycles. The van der Waals surface area contributed by atoms with Crippen molar-refractivity contribution in [3.63, 3.8) is 0 Å². The van der Waals surface area contributed by atoms with E-state index in [0.717, 1.165) is 28.5 Å². The highest BCUT2D eigenvalue weighted by atomic mass is 16.3. The maximum Gasteiger partial charge on any atom is 0.143 e. The molecule has 0 saturated heterocycles. The lowest BCUT2D eigenvalue weighted by Gasteiger charge is -2.21. The van der Waals surface area contributed by atoms with E-state index in [9.17, 15) is 0 Å². The molecule has 41 heavy (non-hydrogen) atoms. The molecule has 1 heterocycles. The van der Waals surface area contributed by atoms with E-state index >= 15 is 0 Å². The fourth-order valence-corrected chi connectivity index (χ4v) is 6.76. The molecule has 7 aromatic rings. The van der Waals surface area contributed by atoms with Crippen LogP contribution in [-0.4, -0.2) is 0 Å². The molecule has 1 aromatic heterocycles. The van der Waals surface area contributed by atoms with Crippen molar-refractivity contribution in [1.82, 2.24) is 0 Å². The van der Waals surface area contributed by atoms with Crippen molar-refractivity contribution in [2.45, 2.75) is 25.7 Å². The molecule has 196 valence electrons. The van der Waals surface area contributed by atoms with Crippen molar-refractivity contribution in [3.05, 3.63) is 150 Å². The fraction of sp³-hybridized carbons (Fsp3) is 0.100. The summed E-state index contributed by atoms with van der Waals surface area (Å²) in [6, 6.07) is 43.8. The van der Waals surface area contributed by atoms with Crippen LogP contribution in [0, 0.1) is 0 Å². The van der Waals surface area contributed by atoms with E-state index < -0.39 is 0 Å². The molecule has 0 N–H and O–H groups in total. The molecule has 0 amide bonds. The summed E-state index contributed by atoms with van der Waals surface area (Å²) in [5.74, 6) is 0. The van der Waals surface area contributed by atoms with Crippen LogP contribution in [0.15, 0.2) is 132 Å². The van der Waals surface area contributed by atoms with Crippen molar-refractivity contribution in [2.75, 3.05) is 0 Å². The van der Waals surface area contributed by atoms with Gasteiger partial charge in [-0.25, -0.2) is 0 Å². The monoisotopic (exact) mass is 526 g/mol. The van der Waals surface area contributed by atoms with Gasteiger partial charge < -0.3 is 4.42 Å². The molecule has 0 atom stereocenters. The number of allylic oxidation sites excluding steroid dienone is 1. The van der Waals surface area contributed by atoms with Crippen molar-refractivity contribution in [3.8, 4) is 22.3 Å². The first-order valence-electron chi connectivity index (χ1n) is 14.4. The standard InChI is InChI=1S/C40H30O/c1-40(2)35-18-8-14-28(38(35)34-24-29-11-3-4-12-30(29)25-36(34)40)13-7-10-26-20-22-27(23-21-26)31-16-9-17-33-32-15-5-6-19-37(32)41-39(31)33/h3-9,11-25H,10H2,1-2H3/b13-7+. The predicted molar refractivity (Wildman–Crippen MR) is 173 cm³/mol. The largest absolute Gasteiger partial charge is 0.455 e. The quantitative estimate of drug-likeness (QED) is 0.222. The summed E-state index contributed by atoms with van der Waals surface area (Å²) in [7, 11) is 0. The molecule has 0 bridgehead atoms. The van der Waals surface area contributed by atoms with Gasteiger partial charge in [-0.2, -0.15) is 0 Å². The number of benzene rings is 6. The zero-order chi connectivity index (χ0) is 27.6. The predicted octanol–water partition coefficient (Wildman–Crippen LogP) is 11.0. The second-order valence-corrected chi connectivity index (χ2v) is 11.7. The molecule has 0 aliphatic heterocycles. The van der Waals surface area contributed by atoms with E-state index in [0.29, 0.717) is 0 Å². The van der Waals surface area contributed by atoms with Crippen molar-refractivity contribution >= 4 is 38.8 Å². The summed E-state index contributed by atoms with van der Waals surface area (Å²) in [6.07, 6.45) is 5.49. The van der Waals surface area contributed by atoms with Crippen LogP contribution in [-0.2, 0) is 11.8 Å². The van der Waals surface area contributed by atoms with Gasteiger partial charge in [0.1, 0.15) is 11.2 Å². The van der Waals surface area contributed by atoms with E-state index in [4.69, 9.17) is 4.42 Å². The van der Waals surface area contributed by atoms with Gasteiger partial charge in [0.2, 0.25) is 0 Å². The summed E-state index contributed by atoms with van der Waals surface area (Å²) in [5, 5.41) is 4.94. The Morgan fingerprint density at radius 2 is 1.37 bits per heavy atom. The van der Waals surface area contributed by atoms with Crippen LogP contribution in [0.4, 0.5) is 0 Å². The Morgan fingerprint density at radius 1 is 0.634 bits per heavy atom. The normalized spacial score (nSPS) is 13.8.